The highest BCUT2D eigenvalue weighted by Gasteiger charge is 2.24. The number of nitrogens with zero attached hydrogens (tertiary/aromatic N) is 3. The van der Waals surface area contributed by atoms with Gasteiger partial charge < -0.3 is 5.32 Å². The normalized spacial score (nSPS) is 17.7. The quantitative estimate of drug-likeness (QED) is 0.858. The van der Waals surface area contributed by atoms with E-state index in [1.807, 2.05) is 6.92 Å². The van der Waals surface area contributed by atoms with Gasteiger partial charge in [0.05, 0.1) is 0 Å². The molecule has 1 aliphatic carbocycles. The smallest absolute Gasteiger partial charge is 0.349 e. The van der Waals surface area contributed by atoms with Gasteiger partial charge in [-0.2, -0.15) is 5.10 Å². The van der Waals surface area contributed by atoms with Crippen LogP contribution < -0.4 is 11.0 Å². The summed E-state index contributed by atoms with van der Waals surface area (Å²) >= 11 is 0. The third kappa shape index (κ3) is 1.77. The number of aromatic amines is 1. The van der Waals surface area contributed by atoms with Crippen molar-refractivity contribution in [2.24, 2.45) is 5.92 Å². The molecule has 1 saturated carbocycles. The number of aromatic nitrogens is 4. The Balaban J connectivity index is 1.90. The van der Waals surface area contributed by atoms with Gasteiger partial charge in [0, 0.05) is 12.1 Å². The molecule has 2 aromatic rings. The van der Waals surface area contributed by atoms with Gasteiger partial charge in [0.15, 0.2) is 5.65 Å². The Kier molecular flexibility index (Phi) is 2.57. The average Bonchev–Trinajstić information content (AvgIpc) is 2.57. The SMILES string of the molecule is Cc1nc(NC(C)C2CCC2)cc2n[nH]c(=O)n12. The number of rotatable bonds is 3. The molecule has 96 valence electrons. The topological polar surface area (TPSA) is 75.1 Å². The molecule has 1 fully saturated rings. The van der Waals surface area contributed by atoms with Gasteiger partial charge in [0.1, 0.15) is 11.6 Å². The van der Waals surface area contributed by atoms with E-state index in [-0.39, 0.29) is 5.69 Å². The number of anilines is 1. The fourth-order valence-corrected chi connectivity index (χ4v) is 2.46. The van der Waals surface area contributed by atoms with Gasteiger partial charge in [0.2, 0.25) is 0 Å². The van der Waals surface area contributed by atoms with Gasteiger partial charge in [-0.05, 0) is 32.6 Å². The zero-order valence-electron chi connectivity index (χ0n) is 10.6. The molecule has 18 heavy (non-hydrogen) atoms. The van der Waals surface area contributed by atoms with Crippen LogP contribution >= 0.6 is 0 Å². The van der Waals surface area contributed by atoms with E-state index in [1.54, 1.807) is 6.07 Å². The van der Waals surface area contributed by atoms with E-state index in [0.717, 1.165) is 11.7 Å². The molecule has 0 aromatic carbocycles. The first kappa shape index (κ1) is 11.3. The van der Waals surface area contributed by atoms with E-state index < -0.39 is 0 Å². The van der Waals surface area contributed by atoms with E-state index in [2.05, 4.69) is 27.4 Å². The molecular formula is C12H17N5O. The zero-order valence-corrected chi connectivity index (χ0v) is 10.6. The molecule has 0 radical (unpaired) electrons. The van der Waals surface area contributed by atoms with Crippen LogP contribution in [-0.4, -0.2) is 25.6 Å². The molecule has 1 unspecified atom stereocenters. The van der Waals surface area contributed by atoms with Gasteiger partial charge in [-0.3, -0.25) is 0 Å². The largest absolute Gasteiger partial charge is 0.367 e. The van der Waals surface area contributed by atoms with Crippen molar-refractivity contribution in [1.29, 1.82) is 0 Å². The van der Waals surface area contributed by atoms with Gasteiger partial charge in [0.25, 0.3) is 0 Å². The lowest BCUT2D eigenvalue weighted by Gasteiger charge is -2.32. The van der Waals surface area contributed by atoms with Crippen LogP contribution in [0.1, 0.15) is 32.0 Å². The van der Waals surface area contributed by atoms with Gasteiger partial charge >= 0.3 is 5.69 Å². The van der Waals surface area contributed by atoms with Crippen molar-refractivity contribution in [1.82, 2.24) is 19.6 Å². The lowest BCUT2D eigenvalue weighted by atomic mass is 9.80. The molecule has 6 heteroatoms. The molecule has 1 aliphatic rings. The first-order valence-corrected chi connectivity index (χ1v) is 6.36. The van der Waals surface area contributed by atoms with Crippen molar-refractivity contribution < 1.29 is 0 Å². The molecule has 1 atom stereocenters. The minimum absolute atomic E-state index is 0.242. The van der Waals surface area contributed by atoms with Crippen molar-refractivity contribution in [3.63, 3.8) is 0 Å². The lowest BCUT2D eigenvalue weighted by molar-refractivity contribution is 0.285. The Bertz CT molecular complexity index is 625. The molecule has 0 bridgehead atoms. The second kappa shape index (κ2) is 4.12. The number of fused-ring (bicyclic) bond motifs is 1. The minimum Gasteiger partial charge on any atom is -0.367 e. The average molecular weight is 247 g/mol. The summed E-state index contributed by atoms with van der Waals surface area (Å²) in [4.78, 5) is 15.9. The van der Waals surface area contributed by atoms with Crippen LogP contribution in [0.2, 0.25) is 0 Å². The molecule has 0 saturated heterocycles. The molecule has 0 aliphatic heterocycles. The molecule has 2 heterocycles. The van der Waals surface area contributed by atoms with Gasteiger partial charge in [-0.1, -0.05) is 6.42 Å². The Morgan fingerprint density at radius 2 is 2.33 bits per heavy atom. The number of nitrogens with one attached hydrogen (secondary N) is 2. The number of hydrogen-bond donors (Lipinski definition) is 2. The van der Waals surface area contributed by atoms with Crippen LogP contribution in [0.15, 0.2) is 10.9 Å². The Hall–Kier alpha value is -1.85. The van der Waals surface area contributed by atoms with Crippen molar-refractivity contribution in [3.05, 3.63) is 22.4 Å². The van der Waals surface area contributed by atoms with Gasteiger partial charge in [-0.25, -0.2) is 19.3 Å². The van der Waals surface area contributed by atoms with Crippen molar-refractivity contribution in [3.8, 4) is 0 Å². The van der Waals surface area contributed by atoms with Crippen LogP contribution in [0.4, 0.5) is 5.82 Å². The fourth-order valence-electron chi connectivity index (χ4n) is 2.46. The van der Waals surface area contributed by atoms with Crippen LogP contribution in [0.25, 0.3) is 5.65 Å². The maximum atomic E-state index is 11.5. The third-order valence-corrected chi connectivity index (χ3v) is 3.80. The highest BCUT2D eigenvalue weighted by Crippen LogP contribution is 2.30. The Morgan fingerprint density at radius 3 is 3.00 bits per heavy atom. The highest BCUT2D eigenvalue weighted by atomic mass is 16.1. The predicted octanol–water partition coefficient (Wildman–Crippen LogP) is 1.33. The van der Waals surface area contributed by atoms with Gasteiger partial charge in [-0.15, -0.1) is 0 Å². The minimum atomic E-state index is -0.242. The number of H-pyrrole nitrogens is 1. The Morgan fingerprint density at radius 1 is 1.56 bits per heavy atom. The van der Waals surface area contributed by atoms with Crippen molar-refractivity contribution >= 4 is 11.5 Å². The van der Waals surface area contributed by atoms with Crippen molar-refractivity contribution in [2.75, 3.05) is 5.32 Å². The predicted molar refractivity (Wildman–Crippen MR) is 68.8 cm³/mol. The summed E-state index contributed by atoms with van der Waals surface area (Å²) in [7, 11) is 0. The van der Waals surface area contributed by atoms with E-state index in [9.17, 15) is 4.79 Å². The standard InChI is InChI=1S/C12H17N5O/c1-7(9-4-3-5-9)13-10-6-11-15-16-12(18)17(11)8(2)14-10/h6-7,9,13H,3-5H2,1-2H3,(H,16,18). The summed E-state index contributed by atoms with van der Waals surface area (Å²) in [5.74, 6) is 2.18. The molecule has 3 rings (SSSR count). The maximum Gasteiger partial charge on any atom is 0.349 e. The number of hydrogen-bond acceptors (Lipinski definition) is 4. The van der Waals surface area contributed by atoms with Crippen LogP contribution in [0.3, 0.4) is 0 Å². The number of aryl methyl sites for hydroxylation is 1. The van der Waals surface area contributed by atoms with Crippen LogP contribution in [0, 0.1) is 12.8 Å². The molecule has 0 spiro atoms. The van der Waals surface area contributed by atoms with E-state index in [1.165, 1.54) is 23.7 Å². The molecule has 6 nitrogen and oxygen atoms in total. The zero-order chi connectivity index (χ0) is 12.7. The lowest BCUT2D eigenvalue weighted by Crippen LogP contribution is -2.31. The Labute approximate surface area is 104 Å². The second-order valence-corrected chi connectivity index (χ2v) is 5.03. The highest BCUT2D eigenvalue weighted by molar-refractivity contribution is 5.50. The van der Waals surface area contributed by atoms with E-state index in [0.29, 0.717) is 17.5 Å². The fraction of sp³-hybridized carbons (Fsp3) is 0.583. The summed E-state index contributed by atoms with van der Waals surface area (Å²) < 4.78 is 1.47. The summed E-state index contributed by atoms with van der Waals surface area (Å²) in [5.41, 5.74) is 0.365. The molecule has 2 N–H and O–H groups in total. The maximum absolute atomic E-state index is 11.5. The van der Waals surface area contributed by atoms with E-state index in [4.69, 9.17) is 0 Å². The third-order valence-electron chi connectivity index (χ3n) is 3.80. The molecular weight excluding hydrogens is 230 g/mol. The molecule has 2 aromatic heterocycles. The van der Waals surface area contributed by atoms with Crippen LogP contribution in [0.5, 0.6) is 0 Å². The summed E-state index contributed by atoms with van der Waals surface area (Å²) in [6.45, 7) is 3.99. The summed E-state index contributed by atoms with van der Waals surface area (Å²) in [6.07, 6.45) is 3.91. The first-order valence-electron chi connectivity index (χ1n) is 6.36. The van der Waals surface area contributed by atoms with Crippen LogP contribution in [-0.2, 0) is 0 Å². The monoisotopic (exact) mass is 247 g/mol. The second-order valence-electron chi connectivity index (χ2n) is 5.03. The molecule has 0 amide bonds. The van der Waals surface area contributed by atoms with Crippen molar-refractivity contribution in [2.45, 2.75) is 39.2 Å². The summed E-state index contributed by atoms with van der Waals surface area (Å²) in [5, 5.41) is 9.81. The van der Waals surface area contributed by atoms with E-state index >= 15 is 0 Å². The summed E-state index contributed by atoms with van der Waals surface area (Å²) in [6, 6.07) is 2.22. The first-order chi connectivity index (χ1) is 8.65.